The molecule has 1 saturated carbocycles. The summed E-state index contributed by atoms with van der Waals surface area (Å²) in [6.07, 6.45) is 6.71. The van der Waals surface area contributed by atoms with Crippen molar-refractivity contribution in [2.75, 3.05) is 20.2 Å². The van der Waals surface area contributed by atoms with Gasteiger partial charge in [0.15, 0.2) is 0 Å². The number of benzene rings is 1. The average molecular weight is 344 g/mol. The van der Waals surface area contributed by atoms with E-state index in [2.05, 4.69) is 20.9 Å². The number of aromatic nitrogens is 2. The van der Waals surface area contributed by atoms with Crippen LogP contribution < -0.4 is 5.32 Å². The van der Waals surface area contributed by atoms with E-state index in [4.69, 9.17) is 0 Å². The van der Waals surface area contributed by atoms with Gasteiger partial charge < -0.3 is 19.9 Å². The first-order valence-corrected chi connectivity index (χ1v) is 9.20. The molecule has 2 N–H and O–H groups in total. The van der Waals surface area contributed by atoms with E-state index >= 15 is 0 Å². The van der Waals surface area contributed by atoms with Crippen LogP contribution >= 0.6 is 0 Å². The molecule has 1 aliphatic carbocycles. The number of hydrogen-bond donors (Lipinski definition) is 2. The number of carbonyl (C=O) groups is 1. The van der Waals surface area contributed by atoms with Gasteiger partial charge in [-0.3, -0.25) is 0 Å². The first-order valence-electron chi connectivity index (χ1n) is 9.20. The fraction of sp³-hybridized carbons (Fsp3) is 0.579. The fourth-order valence-electron chi connectivity index (χ4n) is 3.64. The van der Waals surface area contributed by atoms with Gasteiger partial charge in [0.05, 0.1) is 17.4 Å². The molecule has 0 aliphatic heterocycles. The monoisotopic (exact) mass is 344 g/mol. The Kier molecular flexibility index (Phi) is 5.91. The summed E-state index contributed by atoms with van der Waals surface area (Å²) in [5.74, 6) is 0.415. The van der Waals surface area contributed by atoms with E-state index in [1.165, 1.54) is 0 Å². The van der Waals surface area contributed by atoms with Gasteiger partial charge in [-0.15, -0.1) is 0 Å². The van der Waals surface area contributed by atoms with Crippen molar-refractivity contribution < 1.29 is 9.90 Å². The van der Waals surface area contributed by atoms with Gasteiger partial charge >= 0.3 is 6.03 Å². The van der Waals surface area contributed by atoms with Crippen LogP contribution in [0, 0.1) is 5.92 Å². The van der Waals surface area contributed by atoms with E-state index in [1.807, 2.05) is 36.5 Å². The standard InChI is InChI=1S/C19H28N4O2/c1-22(16-9-7-15(13-24)8-10-16)19(25)20-11-4-12-23-14-21-17-5-2-3-6-18(17)23/h2-3,5-6,14-16,24H,4,7-13H2,1H3,(H,20,25). The van der Waals surface area contributed by atoms with Crippen molar-refractivity contribution in [2.45, 2.75) is 44.7 Å². The maximum Gasteiger partial charge on any atom is 0.317 e. The molecule has 6 nitrogen and oxygen atoms in total. The van der Waals surface area contributed by atoms with Crippen molar-refractivity contribution in [1.82, 2.24) is 19.8 Å². The largest absolute Gasteiger partial charge is 0.396 e. The van der Waals surface area contributed by atoms with Crippen LogP contribution in [0.5, 0.6) is 0 Å². The molecule has 0 spiro atoms. The lowest BCUT2D eigenvalue weighted by Gasteiger charge is -2.34. The van der Waals surface area contributed by atoms with Gasteiger partial charge in [-0.2, -0.15) is 0 Å². The summed E-state index contributed by atoms with van der Waals surface area (Å²) in [5.41, 5.74) is 2.14. The second-order valence-electron chi connectivity index (χ2n) is 6.98. The Morgan fingerprint density at radius 3 is 2.84 bits per heavy atom. The summed E-state index contributed by atoms with van der Waals surface area (Å²) in [6.45, 7) is 1.76. The molecule has 1 aromatic carbocycles. The molecule has 25 heavy (non-hydrogen) atoms. The van der Waals surface area contributed by atoms with Crippen LogP contribution in [0.25, 0.3) is 11.0 Å². The van der Waals surface area contributed by atoms with E-state index in [0.717, 1.165) is 49.7 Å². The van der Waals surface area contributed by atoms with Crippen LogP contribution in [0.2, 0.25) is 0 Å². The van der Waals surface area contributed by atoms with Gasteiger partial charge in [0.2, 0.25) is 0 Å². The van der Waals surface area contributed by atoms with Crippen molar-refractivity contribution in [3.63, 3.8) is 0 Å². The minimum Gasteiger partial charge on any atom is -0.396 e. The summed E-state index contributed by atoms with van der Waals surface area (Å²) in [5, 5.41) is 12.2. The normalized spacial score (nSPS) is 20.6. The lowest BCUT2D eigenvalue weighted by molar-refractivity contribution is 0.134. The Morgan fingerprint density at radius 1 is 1.32 bits per heavy atom. The highest BCUT2D eigenvalue weighted by Gasteiger charge is 2.25. The minimum atomic E-state index is 0.00272. The molecule has 0 bridgehead atoms. The van der Waals surface area contributed by atoms with E-state index in [9.17, 15) is 9.90 Å². The zero-order valence-corrected chi connectivity index (χ0v) is 14.9. The summed E-state index contributed by atoms with van der Waals surface area (Å²) >= 11 is 0. The Hall–Kier alpha value is -2.08. The lowest BCUT2D eigenvalue weighted by atomic mass is 9.86. The number of carbonyl (C=O) groups excluding carboxylic acids is 1. The minimum absolute atomic E-state index is 0.00272. The van der Waals surface area contributed by atoms with Crippen LogP contribution in [-0.2, 0) is 6.54 Å². The molecule has 1 aromatic heterocycles. The maximum absolute atomic E-state index is 12.3. The summed E-state index contributed by atoms with van der Waals surface area (Å²) in [4.78, 5) is 18.5. The molecule has 2 amide bonds. The van der Waals surface area contributed by atoms with Crippen molar-refractivity contribution in [2.24, 2.45) is 5.92 Å². The number of aliphatic hydroxyl groups is 1. The first kappa shape index (κ1) is 17.7. The predicted molar refractivity (Wildman–Crippen MR) is 98.3 cm³/mol. The van der Waals surface area contributed by atoms with Gasteiger partial charge in [-0.05, 0) is 50.2 Å². The molecule has 0 atom stereocenters. The number of aryl methyl sites for hydroxylation is 1. The van der Waals surface area contributed by atoms with Crippen molar-refractivity contribution in [3.8, 4) is 0 Å². The number of fused-ring (bicyclic) bond motifs is 1. The molecule has 136 valence electrons. The number of rotatable bonds is 6. The van der Waals surface area contributed by atoms with Crippen molar-refractivity contribution in [1.29, 1.82) is 0 Å². The third-order valence-electron chi connectivity index (χ3n) is 5.32. The number of urea groups is 1. The molecule has 6 heteroatoms. The number of nitrogens with one attached hydrogen (secondary N) is 1. The number of para-hydroxylation sites is 2. The van der Waals surface area contributed by atoms with Crippen LogP contribution in [0.15, 0.2) is 30.6 Å². The Morgan fingerprint density at radius 2 is 2.08 bits per heavy atom. The second-order valence-corrected chi connectivity index (χ2v) is 6.98. The predicted octanol–water partition coefficient (Wildman–Crippen LogP) is 2.62. The average Bonchev–Trinajstić information content (AvgIpc) is 3.07. The Balaban J connectivity index is 1.40. The summed E-state index contributed by atoms with van der Waals surface area (Å²) < 4.78 is 2.13. The van der Waals surface area contributed by atoms with Gasteiger partial charge in [0.1, 0.15) is 0 Å². The number of nitrogens with zero attached hydrogens (tertiary/aromatic N) is 3. The number of hydrogen-bond acceptors (Lipinski definition) is 3. The Labute approximate surface area is 148 Å². The van der Waals surface area contributed by atoms with Crippen molar-refractivity contribution >= 4 is 17.1 Å². The lowest BCUT2D eigenvalue weighted by Crippen LogP contribution is -2.45. The quantitative estimate of drug-likeness (QED) is 0.792. The molecule has 0 radical (unpaired) electrons. The molecule has 0 saturated heterocycles. The number of amides is 2. The van der Waals surface area contributed by atoms with Crippen LogP contribution in [0.1, 0.15) is 32.1 Å². The molecule has 1 fully saturated rings. The topological polar surface area (TPSA) is 70.4 Å². The molecule has 3 rings (SSSR count). The third-order valence-corrected chi connectivity index (χ3v) is 5.32. The highest BCUT2D eigenvalue weighted by atomic mass is 16.3. The van der Waals surface area contributed by atoms with E-state index in [0.29, 0.717) is 18.5 Å². The molecule has 1 aliphatic rings. The first-order chi connectivity index (χ1) is 12.2. The van der Waals surface area contributed by atoms with Crippen LogP contribution in [0.4, 0.5) is 4.79 Å². The van der Waals surface area contributed by atoms with E-state index in [1.54, 1.807) is 0 Å². The zero-order chi connectivity index (χ0) is 17.6. The fourth-order valence-corrected chi connectivity index (χ4v) is 3.64. The van der Waals surface area contributed by atoms with Gasteiger partial charge in [-0.25, -0.2) is 9.78 Å². The molecule has 2 aromatic rings. The molecule has 1 heterocycles. The van der Waals surface area contributed by atoms with Crippen LogP contribution in [0.3, 0.4) is 0 Å². The molecular formula is C19H28N4O2. The van der Waals surface area contributed by atoms with Gasteiger partial charge in [0, 0.05) is 32.8 Å². The number of aliphatic hydroxyl groups excluding tert-OH is 1. The van der Waals surface area contributed by atoms with Gasteiger partial charge in [-0.1, -0.05) is 12.1 Å². The number of imidazole rings is 1. The Bertz CT molecular complexity index is 692. The molecular weight excluding hydrogens is 316 g/mol. The van der Waals surface area contributed by atoms with Gasteiger partial charge in [0.25, 0.3) is 0 Å². The second kappa shape index (κ2) is 8.34. The SMILES string of the molecule is CN(C(=O)NCCCn1cnc2ccccc21)C1CCC(CO)CC1. The zero-order valence-electron chi connectivity index (χ0n) is 14.9. The van der Waals surface area contributed by atoms with Crippen molar-refractivity contribution in [3.05, 3.63) is 30.6 Å². The third kappa shape index (κ3) is 4.31. The highest BCUT2D eigenvalue weighted by Crippen LogP contribution is 2.26. The van der Waals surface area contributed by atoms with Crippen LogP contribution in [-0.4, -0.2) is 51.8 Å². The van der Waals surface area contributed by atoms with E-state index in [-0.39, 0.29) is 12.6 Å². The summed E-state index contributed by atoms with van der Waals surface area (Å²) in [7, 11) is 1.88. The molecule has 0 unspecified atom stereocenters. The summed E-state index contributed by atoms with van der Waals surface area (Å²) in [6, 6.07) is 8.38. The maximum atomic E-state index is 12.3. The highest BCUT2D eigenvalue weighted by molar-refractivity contribution is 5.75. The smallest absolute Gasteiger partial charge is 0.317 e. The van der Waals surface area contributed by atoms with E-state index < -0.39 is 0 Å².